The van der Waals surface area contributed by atoms with E-state index in [1.54, 1.807) is 0 Å². The summed E-state index contributed by atoms with van der Waals surface area (Å²) < 4.78 is 152. The van der Waals surface area contributed by atoms with Gasteiger partial charge in [-0.2, -0.15) is 48.3 Å². The number of rotatable bonds is 1. The van der Waals surface area contributed by atoms with E-state index in [1.165, 1.54) is 0 Å². The van der Waals surface area contributed by atoms with Crippen molar-refractivity contribution in [3.63, 3.8) is 0 Å². The highest BCUT2D eigenvalue weighted by atomic mass is 28.2. The largest absolute Gasteiger partial charge is 0.428 e. The summed E-state index contributed by atoms with van der Waals surface area (Å²) in [7, 11) is -5.12. The fourth-order valence-corrected chi connectivity index (χ4v) is 2.56. The van der Waals surface area contributed by atoms with E-state index in [2.05, 4.69) is 4.74 Å². The van der Waals surface area contributed by atoms with Gasteiger partial charge in [-0.25, -0.2) is 4.39 Å². The van der Waals surface area contributed by atoms with Gasteiger partial charge in [-0.05, 0) is 0 Å². The average Bonchev–Trinajstić information content (AvgIpc) is 2.10. The zero-order chi connectivity index (χ0) is 16.4. The van der Waals surface area contributed by atoms with Crippen molar-refractivity contribution in [2.24, 2.45) is 0 Å². The summed E-state index contributed by atoms with van der Waals surface area (Å²) >= 11 is 0. The fourth-order valence-electron chi connectivity index (χ4n) is 1.35. The van der Waals surface area contributed by atoms with Crippen LogP contribution < -0.4 is 0 Å². The summed E-state index contributed by atoms with van der Waals surface area (Å²) in [6.07, 6.45) is -6.54. The molecule has 0 aromatic heterocycles. The van der Waals surface area contributed by atoms with Crippen LogP contribution in [0.3, 0.4) is 0 Å². The third-order valence-electron chi connectivity index (χ3n) is 2.34. The number of alkyl halides is 12. The van der Waals surface area contributed by atoms with Gasteiger partial charge in [-0.1, -0.05) is 0 Å². The average molecular weight is 346 g/mol. The van der Waals surface area contributed by atoms with Crippen LogP contribution in [0.25, 0.3) is 0 Å². The summed E-state index contributed by atoms with van der Waals surface area (Å²) in [5, 5.41) is 0. The van der Waals surface area contributed by atoms with Crippen molar-refractivity contribution in [3.8, 4) is 0 Å². The maximum Gasteiger partial charge on any atom is 0.428 e. The Morgan fingerprint density at radius 2 is 1.05 bits per heavy atom. The minimum Gasteiger partial charge on any atom is -0.275 e. The van der Waals surface area contributed by atoms with Crippen LogP contribution in [0.2, 0.25) is 0 Å². The van der Waals surface area contributed by atoms with Gasteiger partial charge in [-0.15, -0.1) is 0 Å². The molecule has 0 bridgehead atoms. The number of hydrogen-bond acceptors (Lipinski definition) is 1. The molecule has 1 atom stereocenters. The number of hydrogen-bond donors (Lipinski definition) is 0. The molecule has 0 aliphatic carbocycles. The van der Waals surface area contributed by atoms with Gasteiger partial charge in [0.05, 0.1) is 0 Å². The molecule has 1 aliphatic rings. The van der Waals surface area contributed by atoms with E-state index in [0.717, 1.165) is 0 Å². The first-order chi connectivity index (χ1) is 8.41. The molecule has 0 amide bonds. The molecule has 1 fully saturated rings. The van der Waals surface area contributed by atoms with E-state index in [1.807, 2.05) is 0 Å². The van der Waals surface area contributed by atoms with Crippen molar-refractivity contribution >= 4 is 9.52 Å². The maximum absolute atomic E-state index is 13.3. The number of halogens is 12. The van der Waals surface area contributed by atoms with Crippen molar-refractivity contribution in [2.75, 3.05) is 0 Å². The van der Waals surface area contributed by atoms with Crippen molar-refractivity contribution < 1.29 is 57.4 Å². The normalized spacial score (nSPS) is 35.4. The molecule has 1 aliphatic heterocycles. The molecule has 0 spiro atoms. The SMILES string of the molecule is FC(F)(F)[SiH2]C1(F)OC(F)(F)C(F)(F)C(F)(F)C1(F)F. The van der Waals surface area contributed by atoms with Gasteiger partial charge in [0.15, 0.2) is 0 Å². The lowest BCUT2D eigenvalue weighted by Crippen LogP contribution is -2.78. The molecule has 14 heteroatoms. The summed E-state index contributed by atoms with van der Waals surface area (Å²) in [6, 6.07) is 0. The second kappa shape index (κ2) is 3.95. The molecule has 1 heterocycles. The third-order valence-corrected chi connectivity index (χ3v) is 3.78. The van der Waals surface area contributed by atoms with Crippen LogP contribution in [-0.4, -0.2) is 44.7 Å². The third kappa shape index (κ3) is 2.06. The second-order valence-electron chi connectivity index (χ2n) is 3.86. The lowest BCUT2D eigenvalue weighted by atomic mass is 10.00. The molecule has 1 unspecified atom stereocenters. The van der Waals surface area contributed by atoms with Crippen molar-refractivity contribution in [3.05, 3.63) is 0 Å². The Kier molecular flexibility index (Phi) is 3.44. The van der Waals surface area contributed by atoms with Crippen molar-refractivity contribution in [2.45, 2.75) is 35.2 Å². The zero-order valence-corrected chi connectivity index (χ0v) is 10.1. The van der Waals surface area contributed by atoms with Crippen molar-refractivity contribution in [1.29, 1.82) is 0 Å². The molecule has 0 N–H and O–H groups in total. The van der Waals surface area contributed by atoms with Gasteiger partial charge in [0.1, 0.15) is 0 Å². The lowest BCUT2D eigenvalue weighted by Gasteiger charge is -2.48. The van der Waals surface area contributed by atoms with E-state index in [9.17, 15) is 52.7 Å². The van der Waals surface area contributed by atoms with E-state index < -0.39 is 44.7 Å². The fraction of sp³-hybridized carbons (Fsp3) is 1.00. The van der Waals surface area contributed by atoms with Gasteiger partial charge in [0.2, 0.25) is 9.52 Å². The molecule has 0 radical (unpaired) electrons. The molecule has 1 nitrogen and oxygen atoms in total. The number of ether oxygens (including phenoxy) is 1. The molecule has 0 aromatic rings. The molecule has 0 aromatic carbocycles. The molecule has 20 heavy (non-hydrogen) atoms. The van der Waals surface area contributed by atoms with Gasteiger partial charge in [0.25, 0.3) is 5.48 Å². The van der Waals surface area contributed by atoms with Gasteiger partial charge in [-0.3, -0.25) is 4.74 Å². The lowest BCUT2D eigenvalue weighted by molar-refractivity contribution is -0.519. The van der Waals surface area contributed by atoms with Gasteiger partial charge >= 0.3 is 29.7 Å². The van der Waals surface area contributed by atoms with Crippen LogP contribution in [0, 0.1) is 0 Å². The van der Waals surface area contributed by atoms with Crippen LogP contribution in [0.1, 0.15) is 0 Å². The molecular formula is C6H2F12OSi. The summed E-state index contributed by atoms with van der Waals surface area (Å²) in [6.45, 7) is 0. The Labute approximate surface area is 103 Å². The summed E-state index contributed by atoms with van der Waals surface area (Å²) in [5.41, 5.74) is -5.92. The highest BCUT2D eigenvalue weighted by Crippen LogP contribution is 2.62. The smallest absolute Gasteiger partial charge is 0.275 e. The second-order valence-corrected chi connectivity index (χ2v) is 5.93. The van der Waals surface area contributed by atoms with Crippen LogP contribution in [0.5, 0.6) is 0 Å². The minimum absolute atomic E-state index is 2.17. The first kappa shape index (κ1) is 17.4. The first-order valence-electron chi connectivity index (χ1n) is 4.38. The molecule has 0 saturated carbocycles. The highest BCUT2D eigenvalue weighted by molar-refractivity contribution is 6.42. The quantitative estimate of drug-likeness (QED) is 0.524. The van der Waals surface area contributed by atoms with Crippen LogP contribution in [0.4, 0.5) is 52.7 Å². The van der Waals surface area contributed by atoms with Gasteiger partial charge in [0, 0.05) is 0 Å². The first-order valence-corrected chi connectivity index (χ1v) is 5.80. The predicted octanol–water partition coefficient (Wildman–Crippen LogP) is 2.83. The van der Waals surface area contributed by atoms with E-state index >= 15 is 0 Å². The molecule has 120 valence electrons. The van der Waals surface area contributed by atoms with Crippen LogP contribution in [0.15, 0.2) is 0 Å². The highest BCUT2D eigenvalue weighted by Gasteiger charge is 2.93. The Hall–Kier alpha value is -0.663. The maximum atomic E-state index is 13.3. The Morgan fingerprint density at radius 1 is 0.650 bits per heavy atom. The molecular weight excluding hydrogens is 344 g/mol. The minimum atomic E-state index is -7.07. The van der Waals surface area contributed by atoms with E-state index in [-0.39, 0.29) is 0 Å². The van der Waals surface area contributed by atoms with Crippen LogP contribution in [-0.2, 0) is 4.74 Å². The molecule has 1 saturated heterocycles. The predicted molar refractivity (Wildman–Crippen MR) is 39.3 cm³/mol. The topological polar surface area (TPSA) is 9.23 Å². The van der Waals surface area contributed by atoms with Crippen molar-refractivity contribution in [1.82, 2.24) is 0 Å². The standard InChI is InChI=1S/C6H2F12OSi/c7-1(8)2(9,10)4(13,14)19-5(15,3(1,11)12)20-6(16,17)18/h20H2. The summed E-state index contributed by atoms with van der Waals surface area (Å²) in [5.74, 6) is -26.6. The van der Waals surface area contributed by atoms with E-state index in [0.29, 0.717) is 0 Å². The Bertz CT molecular complexity index is 401. The Balaban J connectivity index is 3.45. The van der Waals surface area contributed by atoms with Crippen LogP contribution >= 0.6 is 0 Å². The monoisotopic (exact) mass is 346 g/mol. The summed E-state index contributed by atoms with van der Waals surface area (Å²) in [4.78, 5) is 0. The van der Waals surface area contributed by atoms with Gasteiger partial charge < -0.3 is 0 Å². The Morgan fingerprint density at radius 3 is 1.40 bits per heavy atom. The zero-order valence-electron chi connectivity index (χ0n) is 8.65. The molecule has 1 rings (SSSR count). The van der Waals surface area contributed by atoms with E-state index in [4.69, 9.17) is 0 Å².